The number of hydrogen-bond donors (Lipinski definition) is 0. The molecule has 4 rings (SSSR count). The summed E-state index contributed by atoms with van der Waals surface area (Å²) >= 11 is 0. The van der Waals surface area contributed by atoms with Gasteiger partial charge in [0.1, 0.15) is 5.69 Å². The van der Waals surface area contributed by atoms with Gasteiger partial charge in [-0.1, -0.05) is 36.2 Å². The number of benzene rings is 2. The standard InChI is InChI=1S/C21H21NO4S/c1-14-6-10-18(11-7-14)27(24,25)22-19-12-16(15-4-3-5-15)8-9-17(19)13-20(22)21(23)26-2/h6-13,15H,3-5H2,1-2H3. The van der Waals surface area contributed by atoms with Crippen LogP contribution in [0.5, 0.6) is 0 Å². The summed E-state index contributed by atoms with van der Waals surface area (Å²) < 4.78 is 32.7. The Balaban J connectivity index is 1.97. The molecule has 0 radical (unpaired) electrons. The van der Waals surface area contributed by atoms with Crippen LogP contribution in [0, 0.1) is 6.92 Å². The number of fused-ring (bicyclic) bond motifs is 1. The third-order valence-electron chi connectivity index (χ3n) is 5.31. The molecule has 0 N–H and O–H groups in total. The van der Waals surface area contributed by atoms with Crippen molar-refractivity contribution in [1.29, 1.82) is 0 Å². The molecule has 5 nitrogen and oxygen atoms in total. The van der Waals surface area contributed by atoms with Crippen molar-refractivity contribution in [2.24, 2.45) is 0 Å². The first kappa shape index (κ1) is 17.8. The smallest absolute Gasteiger partial charge is 0.355 e. The summed E-state index contributed by atoms with van der Waals surface area (Å²) in [4.78, 5) is 12.5. The highest BCUT2D eigenvalue weighted by molar-refractivity contribution is 7.90. The van der Waals surface area contributed by atoms with Gasteiger partial charge in [-0.05, 0) is 55.5 Å². The maximum Gasteiger partial charge on any atom is 0.355 e. The van der Waals surface area contributed by atoms with Gasteiger partial charge in [0.15, 0.2) is 0 Å². The Hall–Kier alpha value is -2.60. The SMILES string of the molecule is COC(=O)c1cc2ccc(C3CCC3)cc2n1S(=O)(=O)c1ccc(C)cc1. The molecule has 1 aliphatic carbocycles. The van der Waals surface area contributed by atoms with Gasteiger partial charge in [0, 0.05) is 5.39 Å². The number of carbonyl (C=O) groups excluding carboxylic acids is 1. The minimum Gasteiger partial charge on any atom is -0.464 e. The molecule has 3 aromatic rings. The Labute approximate surface area is 158 Å². The average Bonchev–Trinajstić information content (AvgIpc) is 2.99. The van der Waals surface area contributed by atoms with E-state index < -0.39 is 16.0 Å². The summed E-state index contributed by atoms with van der Waals surface area (Å²) in [6.45, 7) is 1.90. The second-order valence-electron chi connectivity index (χ2n) is 7.05. The lowest BCUT2D eigenvalue weighted by atomic mass is 9.80. The van der Waals surface area contributed by atoms with Crippen molar-refractivity contribution in [3.05, 3.63) is 65.4 Å². The summed E-state index contributed by atoms with van der Waals surface area (Å²) in [6, 6.07) is 14.0. The van der Waals surface area contributed by atoms with Crippen molar-refractivity contribution < 1.29 is 17.9 Å². The minimum absolute atomic E-state index is 0.0128. The third kappa shape index (κ3) is 2.94. The number of hydrogen-bond acceptors (Lipinski definition) is 4. The van der Waals surface area contributed by atoms with Gasteiger partial charge < -0.3 is 4.74 Å². The lowest BCUT2D eigenvalue weighted by Gasteiger charge is -2.25. The molecule has 0 unspecified atom stereocenters. The van der Waals surface area contributed by atoms with E-state index in [0.717, 1.165) is 27.9 Å². The van der Waals surface area contributed by atoms with Crippen molar-refractivity contribution in [2.45, 2.75) is 37.0 Å². The molecular formula is C21H21NO4S. The molecule has 0 amide bonds. The zero-order chi connectivity index (χ0) is 19.2. The zero-order valence-electron chi connectivity index (χ0n) is 15.3. The normalized spacial score (nSPS) is 14.9. The largest absolute Gasteiger partial charge is 0.464 e. The lowest BCUT2D eigenvalue weighted by Crippen LogP contribution is -2.19. The summed E-state index contributed by atoms with van der Waals surface area (Å²) in [7, 11) is -2.69. The molecule has 0 atom stereocenters. The quantitative estimate of drug-likeness (QED) is 0.632. The van der Waals surface area contributed by atoms with E-state index >= 15 is 0 Å². The van der Waals surface area contributed by atoms with E-state index in [1.54, 1.807) is 30.3 Å². The predicted octanol–water partition coefficient (Wildman–Crippen LogP) is 4.24. The number of aromatic nitrogens is 1. The van der Waals surface area contributed by atoms with Crippen molar-refractivity contribution in [3.8, 4) is 0 Å². The molecule has 1 heterocycles. The molecule has 0 aliphatic heterocycles. The van der Waals surface area contributed by atoms with Crippen LogP contribution in [0.2, 0.25) is 0 Å². The maximum atomic E-state index is 13.4. The second-order valence-corrected chi connectivity index (χ2v) is 8.84. The highest BCUT2D eigenvalue weighted by Gasteiger charge is 2.28. The summed E-state index contributed by atoms with van der Waals surface area (Å²) in [6.07, 6.45) is 3.42. The van der Waals surface area contributed by atoms with Crippen LogP contribution in [0.15, 0.2) is 53.4 Å². The van der Waals surface area contributed by atoms with Crippen LogP contribution in [0.4, 0.5) is 0 Å². The number of rotatable bonds is 4. The molecule has 1 fully saturated rings. The average molecular weight is 383 g/mol. The van der Waals surface area contributed by atoms with E-state index in [9.17, 15) is 13.2 Å². The van der Waals surface area contributed by atoms with E-state index in [2.05, 4.69) is 0 Å². The van der Waals surface area contributed by atoms with E-state index in [0.29, 0.717) is 16.8 Å². The molecule has 1 saturated carbocycles. The van der Waals surface area contributed by atoms with Gasteiger partial charge in [0.2, 0.25) is 0 Å². The van der Waals surface area contributed by atoms with Crippen molar-refractivity contribution >= 4 is 26.9 Å². The van der Waals surface area contributed by atoms with Crippen LogP contribution in [-0.2, 0) is 14.8 Å². The van der Waals surface area contributed by atoms with Crippen LogP contribution in [0.1, 0.15) is 46.8 Å². The number of methoxy groups -OCH3 is 1. The third-order valence-corrected chi connectivity index (χ3v) is 7.06. The summed E-state index contributed by atoms with van der Waals surface area (Å²) in [5.41, 5.74) is 2.61. The number of ether oxygens (including phenoxy) is 1. The predicted molar refractivity (Wildman–Crippen MR) is 104 cm³/mol. The van der Waals surface area contributed by atoms with Crippen LogP contribution in [0.3, 0.4) is 0 Å². The van der Waals surface area contributed by atoms with Crippen molar-refractivity contribution in [2.75, 3.05) is 7.11 Å². The van der Waals surface area contributed by atoms with Crippen molar-refractivity contribution in [3.63, 3.8) is 0 Å². The van der Waals surface area contributed by atoms with E-state index in [-0.39, 0.29) is 10.6 Å². The molecule has 0 bridgehead atoms. The summed E-state index contributed by atoms with van der Waals surface area (Å²) in [5, 5.41) is 0.703. The van der Waals surface area contributed by atoms with E-state index in [1.165, 1.54) is 13.5 Å². The topological polar surface area (TPSA) is 65.4 Å². The van der Waals surface area contributed by atoms with E-state index in [4.69, 9.17) is 4.74 Å². The van der Waals surface area contributed by atoms with Crippen LogP contribution in [-0.4, -0.2) is 25.5 Å². The Kier molecular flexibility index (Phi) is 4.30. The first-order valence-corrected chi connectivity index (χ1v) is 10.4. The molecular weight excluding hydrogens is 362 g/mol. The molecule has 27 heavy (non-hydrogen) atoms. The molecule has 0 spiro atoms. The Bertz CT molecular complexity index is 1120. The Morgan fingerprint density at radius 3 is 2.37 bits per heavy atom. The van der Waals surface area contributed by atoms with Gasteiger partial charge in [0.05, 0.1) is 17.5 Å². The first-order chi connectivity index (χ1) is 12.9. The fourth-order valence-corrected chi connectivity index (χ4v) is 5.00. The van der Waals surface area contributed by atoms with Gasteiger partial charge in [0.25, 0.3) is 10.0 Å². The Morgan fingerprint density at radius 2 is 1.78 bits per heavy atom. The number of nitrogens with zero attached hydrogens (tertiary/aromatic N) is 1. The zero-order valence-corrected chi connectivity index (χ0v) is 16.1. The van der Waals surface area contributed by atoms with E-state index in [1.807, 2.05) is 25.1 Å². The molecule has 6 heteroatoms. The Morgan fingerprint density at radius 1 is 1.07 bits per heavy atom. The van der Waals surface area contributed by atoms with Crippen LogP contribution < -0.4 is 0 Å². The van der Waals surface area contributed by atoms with Crippen LogP contribution in [0.25, 0.3) is 10.9 Å². The van der Waals surface area contributed by atoms with Crippen LogP contribution >= 0.6 is 0 Å². The van der Waals surface area contributed by atoms with Gasteiger partial charge in [-0.3, -0.25) is 0 Å². The fourth-order valence-electron chi connectivity index (χ4n) is 3.51. The minimum atomic E-state index is -3.94. The van der Waals surface area contributed by atoms with Gasteiger partial charge >= 0.3 is 5.97 Å². The monoisotopic (exact) mass is 383 g/mol. The number of esters is 1. The molecule has 1 aliphatic rings. The lowest BCUT2D eigenvalue weighted by molar-refractivity contribution is 0.0593. The molecule has 0 saturated heterocycles. The maximum absolute atomic E-state index is 13.4. The summed E-state index contributed by atoms with van der Waals surface area (Å²) in [5.74, 6) is -0.214. The molecule has 1 aromatic heterocycles. The highest BCUT2D eigenvalue weighted by atomic mass is 32.2. The van der Waals surface area contributed by atoms with Gasteiger partial charge in [-0.25, -0.2) is 17.2 Å². The van der Waals surface area contributed by atoms with Gasteiger partial charge in [-0.2, -0.15) is 0 Å². The van der Waals surface area contributed by atoms with Crippen molar-refractivity contribution in [1.82, 2.24) is 3.97 Å². The molecule has 140 valence electrons. The first-order valence-electron chi connectivity index (χ1n) is 8.98. The van der Waals surface area contributed by atoms with Gasteiger partial charge in [-0.15, -0.1) is 0 Å². The molecule has 2 aromatic carbocycles. The second kappa shape index (κ2) is 6.53. The fraction of sp³-hybridized carbons (Fsp3) is 0.286. The highest BCUT2D eigenvalue weighted by Crippen LogP contribution is 2.38. The number of aryl methyl sites for hydroxylation is 1. The number of carbonyl (C=O) groups is 1.